The normalized spacial score (nSPS) is 18.6. The lowest BCUT2D eigenvalue weighted by molar-refractivity contribution is 0.0893. The van der Waals surface area contributed by atoms with E-state index in [1.54, 1.807) is 12.1 Å². The molecule has 1 atom stereocenters. The zero-order valence-corrected chi connectivity index (χ0v) is 10.5. The van der Waals surface area contributed by atoms with Gasteiger partial charge in [0.15, 0.2) is 5.78 Å². The largest absolute Gasteiger partial charge is 0.507 e. The van der Waals surface area contributed by atoms with E-state index in [1.807, 2.05) is 6.92 Å². The number of rotatable bonds is 0. The van der Waals surface area contributed by atoms with Crippen LogP contribution in [0.2, 0.25) is 0 Å². The van der Waals surface area contributed by atoms with Crippen LogP contribution in [0.4, 0.5) is 0 Å². The van der Waals surface area contributed by atoms with Gasteiger partial charge in [-0.05, 0) is 42.0 Å². The fourth-order valence-electron chi connectivity index (χ4n) is 2.77. The highest BCUT2D eigenvalue weighted by Gasteiger charge is 2.29. The SMILES string of the molecule is Cc1cc(O)c2c(O)c3c(cc2c1)[C@@H](O)CCC3=O. The van der Waals surface area contributed by atoms with E-state index in [0.29, 0.717) is 17.4 Å². The summed E-state index contributed by atoms with van der Waals surface area (Å²) in [4.78, 5) is 11.9. The Kier molecular flexibility index (Phi) is 2.50. The number of ketones is 1. The molecule has 0 aromatic heterocycles. The number of hydrogen-bond acceptors (Lipinski definition) is 4. The van der Waals surface area contributed by atoms with Gasteiger partial charge in [0.1, 0.15) is 11.5 Å². The van der Waals surface area contributed by atoms with Crippen LogP contribution in [0.5, 0.6) is 11.5 Å². The zero-order chi connectivity index (χ0) is 13.7. The first-order chi connectivity index (χ1) is 8.99. The molecule has 0 saturated heterocycles. The minimum absolute atomic E-state index is 0.0526. The lowest BCUT2D eigenvalue weighted by atomic mass is 9.85. The van der Waals surface area contributed by atoms with Crippen LogP contribution in [0.15, 0.2) is 18.2 Å². The van der Waals surface area contributed by atoms with Gasteiger partial charge < -0.3 is 15.3 Å². The van der Waals surface area contributed by atoms with Gasteiger partial charge in [0, 0.05) is 6.42 Å². The number of aryl methyl sites for hydroxylation is 1. The topological polar surface area (TPSA) is 77.8 Å². The second-order valence-corrected chi connectivity index (χ2v) is 5.05. The number of carbonyl (C=O) groups excluding carboxylic acids is 1. The fourth-order valence-corrected chi connectivity index (χ4v) is 2.77. The summed E-state index contributed by atoms with van der Waals surface area (Å²) in [5.41, 5.74) is 1.44. The van der Waals surface area contributed by atoms with Crippen molar-refractivity contribution in [3.8, 4) is 11.5 Å². The number of aliphatic hydroxyl groups is 1. The number of carbonyl (C=O) groups is 1. The minimum Gasteiger partial charge on any atom is -0.507 e. The summed E-state index contributed by atoms with van der Waals surface area (Å²) in [6.07, 6.45) is -0.167. The Morgan fingerprint density at radius 2 is 1.95 bits per heavy atom. The van der Waals surface area contributed by atoms with Crippen LogP contribution in [0.3, 0.4) is 0 Å². The van der Waals surface area contributed by atoms with Crippen molar-refractivity contribution in [2.75, 3.05) is 0 Å². The van der Waals surface area contributed by atoms with Crippen LogP contribution < -0.4 is 0 Å². The number of hydrogen-bond donors (Lipinski definition) is 3. The maximum absolute atomic E-state index is 11.9. The van der Waals surface area contributed by atoms with Crippen molar-refractivity contribution in [2.24, 2.45) is 0 Å². The third-order valence-corrected chi connectivity index (χ3v) is 3.65. The van der Waals surface area contributed by atoms with Gasteiger partial charge in [0.25, 0.3) is 0 Å². The van der Waals surface area contributed by atoms with Crippen LogP contribution in [0.1, 0.15) is 40.4 Å². The molecule has 4 heteroatoms. The van der Waals surface area contributed by atoms with Gasteiger partial charge in [-0.25, -0.2) is 0 Å². The van der Waals surface area contributed by atoms with E-state index < -0.39 is 6.10 Å². The van der Waals surface area contributed by atoms with Crippen LogP contribution >= 0.6 is 0 Å². The predicted octanol–water partition coefficient (Wildman–Crippen LogP) is 2.57. The number of phenols is 2. The summed E-state index contributed by atoms with van der Waals surface area (Å²) in [5.74, 6) is -0.475. The van der Waals surface area contributed by atoms with Crippen molar-refractivity contribution in [3.63, 3.8) is 0 Å². The molecular weight excluding hydrogens is 244 g/mol. The average Bonchev–Trinajstić information content (AvgIpc) is 2.32. The molecule has 0 unspecified atom stereocenters. The zero-order valence-electron chi connectivity index (χ0n) is 10.5. The minimum atomic E-state index is -0.745. The number of aromatic hydroxyl groups is 2. The quantitative estimate of drug-likeness (QED) is 0.678. The van der Waals surface area contributed by atoms with Gasteiger partial charge in [0.05, 0.1) is 17.1 Å². The van der Waals surface area contributed by atoms with Gasteiger partial charge in [0.2, 0.25) is 0 Å². The van der Waals surface area contributed by atoms with Crippen LogP contribution in [0, 0.1) is 6.92 Å². The third-order valence-electron chi connectivity index (χ3n) is 3.65. The Labute approximate surface area is 109 Å². The van der Waals surface area contributed by atoms with E-state index >= 15 is 0 Å². The Balaban J connectivity index is 2.45. The molecule has 19 heavy (non-hydrogen) atoms. The summed E-state index contributed by atoms with van der Waals surface area (Å²) < 4.78 is 0. The van der Waals surface area contributed by atoms with Crippen LogP contribution in [0.25, 0.3) is 10.8 Å². The summed E-state index contributed by atoms with van der Waals surface area (Å²) >= 11 is 0. The van der Waals surface area contributed by atoms with Crippen molar-refractivity contribution in [2.45, 2.75) is 25.9 Å². The molecule has 1 aliphatic rings. The molecular formula is C15H14O4. The van der Waals surface area contributed by atoms with Gasteiger partial charge in [-0.3, -0.25) is 4.79 Å². The Morgan fingerprint density at radius 3 is 2.68 bits per heavy atom. The first-order valence-electron chi connectivity index (χ1n) is 6.19. The number of Topliss-reactive ketones (excluding diaryl/α,β-unsaturated/α-hetero) is 1. The van der Waals surface area contributed by atoms with Gasteiger partial charge in [-0.15, -0.1) is 0 Å². The van der Waals surface area contributed by atoms with Crippen LogP contribution in [-0.2, 0) is 0 Å². The summed E-state index contributed by atoms with van der Waals surface area (Å²) in [6.45, 7) is 1.83. The van der Waals surface area contributed by atoms with Crippen molar-refractivity contribution in [1.82, 2.24) is 0 Å². The van der Waals surface area contributed by atoms with Gasteiger partial charge in [-0.2, -0.15) is 0 Å². The van der Waals surface area contributed by atoms with Crippen molar-refractivity contribution < 1.29 is 20.1 Å². The highest BCUT2D eigenvalue weighted by Crippen LogP contribution is 2.43. The molecule has 0 saturated carbocycles. The molecule has 3 N–H and O–H groups in total. The maximum atomic E-state index is 11.9. The van der Waals surface area contributed by atoms with Crippen LogP contribution in [-0.4, -0.2) is 21.1 Å². The summed E-state index contributed by atoms with van der Waals surface area (Å²) in [6, 6.07) is 5.03. The molecule has 1 aliphatic carbocycles. The number of phenolic OH excluding ortho intramolecular Hbond substituents is 2. The molecule has 0 spiro atoms. The highest BCUT2D eigenvalue weighted by molar-refractivity contribution is 6.08. The van der Waals surface area contributed by atoms with Crippen molar-refractivity contribution >= 4 is 16.6 Å². The van der Waals surface area contributed by atoms with E-state index in [1.165, 1.54) is 6.07 Å². The molecule has 3 rings (SSSR count). The molecule has 0 radical (unpaired) electrons. The maximum Gasteiger partial charge on any atom is 0.167 e. The number of benzene rings is 2. The predicted molar refractivity (Wildman–Crippen MR) is 70.5 cm³/mol. The number of fused-ring (bicyclic) bond motifs is 2. The van der Waals surface area contributed by atoms with E-state index in [-0.39, 0.29) is 34.7 Å². The van der Waals surface area contributed by atoms with Gasteiger partial charge >= 0.3 is 0 Å². The molecule has 2 aromatic carbocycles. The Morgan fingerprint density at radius 1 is 1.21 bits per heavy atom. The molecule has 98 valence electrons. The fraction of sp³-hybridized carbons (Fsp3) is 0.267. The van der Waals surface area contributed by atoms with Crippen molar-refractivity contribution in [3.05, 3.63) is 34.9 Å². The first-order valence-corrected chi connectivity index (χ1v) is 6.19. The Hall–Kier alpha value is -2.07. The molecule has 0 bridgehead atoms. The molecule has 0 amide bonds. The van der Waals surface area contributed by atoms with Crippen molar-refractivity contribution in [1.29, 1.82) is 0 Å². The second-order valence-electron chi connectivity index (χ2n) is 5.05. The van der Waals surface area contributed by atoms with E-state index in [4.69, 9.17) is 0 Å². The first kappa shape index (κ1) is 12.0. The number of aliphatic hydroxyl groups excluding tert-OH is 1. The summed E-state index contributed by atoms with van der Waals surface area (Å²) in [7, 11) is 0. The highest BCUT2D eigenvalue weighted by atomic mass is 16.3. The average molecular weight is 258 g/mol. The Bertz CT molecular complexity index is 703. The van der Waals surface area contributed by atoms with E-state index in [9.17, 15) is 20.1 Å². The van der Waals surface area contributed by atoms with E-state index in [0.717, 1.165) is 5.56 Å². The summed E-state index contributed by atoms with van der Waals surface area (Å²) in [5, 5.41) is 31.1. The smallest absolute Gasteiger partial charge is 0.167 e. The molecule has 0 aliphatic heterocycles. The standard InChI is InChI=1S/C15H14O4/c1-7-4-8-6-9-10(16)2-3-11(17)14(9)15(19)13(8)12(18)5-7/h4-6,10,16,18-19H,2-3H2,1H3/t10-/m0/s1. The molecule has 0 fully saturated rings. The molecule has 2 aromatic rings. The van der Waals surface area contributed by atoms with Gasteiger partial charge in [-0.1, -0.05) is 6.07 Å². The van der Waals surface area contributed by atoms with E-state index in [2.05, 4.69) is 0 Å². The third kappa shape index (κ3) is 1.68. The monoisotopic (exact) mass is 258 g/mol. The lowest BCUT2D eigenvalue weighted by Crippen LogP contribution is -2.15. The molecule has 0 heterocycles. The lowest BCUT2D eigenvalue weighted by Gasteiger charge is -2.22. The second kappa shape index (κ2) is 3.96. The molecule has 4 nitrogen and oxygen atoms in total.